The second kappa shape index (κ2) is 12.8. The number of carbonyl (C=O) groups is 1. The summed E-state index contributed by atoms with van der Waals surface area (Å²) in [5.41, 5.74) is 3.06. The zero-order valence-electron chi connectivity index (χ0n) is 20.2. The Hall–Kier alpha value is -3.08. The highest BCUT2D eigenvalue weighted by atomic mass is 16.6. The van der Waals surface area contributed by atoms with Crippen molar-refractivity contribution in [3.05, 3.63) is 65.4 Å². The summed E-state index contributed by atoms with van der Waals surface area (Å²) in [5, 5.41) is 0. The number of aliphatic imine (C=N–C) groups is 1. The van der Waals surface area contributed by atoms with Gasteiger partial charge in [-0.15, -0.1) is 0 Å². The highest BCUT2D eigenvalue weighted by Gasteiger charge is 2.24. The quantitative estimate of drug-likeness (QED) is 0.196. The molecule has 1 aliphatic heterocycles. The van der Waals surface area contributed by atoms with Gasteiger partial charge in [-0.2, -0.15) is 0 Å². The summed E-state index contributed by atoms with van der Waals surface area (Å²) in [5.74, 6) is 0.714. The van der Waals surface area contributed by atoms with Crippen LogP contribution < -0.4 is 9.64 Å². The van der Waals surface area contributed by atoms with Crippen LogP contribution in [-0.2, 0) is 9.53 Å². The van der Waals surface area contributed by atoms with Gasteiger partial charge in [0, 0.05) is 25.3 Å². The van der Waals surface area contributed by atoms with Crippen molar-refractivity contribution in [2.45, 2.75) is 58.3 Å². The standard InChI is InChI=1S/C28H36N2O3/c1-4-5-6-7-8-9-10-11-20-32-25-18-14-23(15-19-25)27-29-26(28(31)33-27)21-22-12-16-24(17-13-22)30(2)3/h12-19,21H,4-11,20H2,1-3H3/b26-21-. The number of esters is 1. The number of carbonyl (C=O) groups excluding carboxylic acids is 1. The van der Waals surface area contributed by atoms with Crippen molar-refractivity contribution >= 4 is 23.6 Å². The predicted octanol–water partition coefficient (Wildman–Crippen LogP) is 6.62. The van der Waals surface area contributed by atoms with E-state index < -0.39 is 5.97 Å². The Bertz CT molecular complexity index is 944. The fourth-order valence-corrected chi connectivity index (χ4v) is 3.68. The van der Waals surface area contributed by atoms with E-state index in [1.54, 1.807) is 6.08 Å². The zero-order valence-corrected chi connectivity index (χ0v) is 20.2. The molecule has 0 aliphatic carbocycles. The number of cyclic esters (lactones) is 1. The number of hydrogen-bond donors (Lipinski definition) is 0. The topological polar surface area (TPSA) is 51.1 Å². The van der Waals surface area contributed by atoms with Crippen LogP contribution in [0.15, 0.2) is 59.2 Å². The average molecular weight is 449 g/mol. The van der Waals surface area contributed by atoms with E-state index in [4.69, 9.17) is 9.47 Å². The Labute approximate surface area is 198 Å². The van der Waals surface area contributed by atoms with Crippen molar-refractivity contribution in [3.63, 3.8) is 0 Å². The number of rotatable bonds is 13. The van der Waals surface area contributed by atoms with E-state index in [1.165, 1.54) is 44.9 Å². The van der Waals surface area contributed by atoms with Crippen molar-refractivity contribution in [3.8, 4) is 5.75 Å². The van der Waals surface area contributed by atoms with Gasteiger partial charge >= 0.3 is 5.97 Å². The summed E-state index contributed by atoms with van der Waals surface area (Å²) < 4.78 is 11.2. The van der Waals surface area contributed by atoms with Crippen LogP contribution >= 0.6 is 0 Å². The van der Waals surface area contributed by atoms with Gasteiger partial charge in [0.05, 0.1) is 6.61 Å². The van der Waals surface area contributed by atoms with E-state index >= 15 is 0 Å². The third-order valence-electron chi connectivity index (χ3n) is 5.70. The van der Waals surface area contributed by atoms with Gasteiger partial charge < -0.3 is 14.4 Å². The Balaban J connectivity index is 1.47. The van der Waals surface area contributed by atoms with Gasteiger partial charge in [0.2, 0.25) is 5.90 Å². The fraction of sp³-hybridized carbons (Fsp3) is 0.429. The number of hydrogen-bond acceptors (Lipinski definition) is 5. The molecule has 3 rings (SSSR count). The summed E-state index contributed by atoms with van der Waals surface area (Å²) in [6, 6.07) is 15.5. The lowest BCUT2D eigenvalue weighted by atomic mass is 10.1. The van der Waals surface area contributed by atoms with Crippen molar-refractivity contribution in [1.82, 2.24) is 0 Å². The van der Waals surface area contributed by atoms with Gasteiger partial charge in [0.1, 0.15) is 5.75 Å². The first-order valence-corrected chi connectivity index (χ1v) is 12.1. The lowest BCUT2D eigenvalue weighted by Crippen LogP contribution is -2.08. The number of nitrogens with zero attached hydrogens (tertiary/aromatic N) is 2. The molecule has 0 aromatic heterocycles. The number of unbranched alkanes of at least 4 members (excludes halogenated alkanes) is 7. The zero-order chi connectivity index (χ0) is 23.5. The molecule has 0 spiro atoms. The maximum Gasteiger partial charge on any atom is 0.363 e. The van der Waals surface area contributed by atoms with Crippen LogP contribution in [0.4, 0.5) is 5.69 Å². The second-order valence-corrected chi connectivity index (χ2v) is 8.67. The van der Waals surface area contributed by atoms with Gasteiger partial charge in [-0.3, -0.25) is 0 Å². The number of ether oxygens (including phenoxy) is 2. The summed E-state index contributed by atoms with van der Waals surface area (Å²) in [6.45, 7) is 2.97. The van der Waals surface area contributed by atoms with Gasteiger partial charge in [0.25, 0.3) is 0 Å². The normalized spacial score (nSPS) is 14.3. The molecule has 0 unspecified atom stereocenters. The molecule has 176 valence electrons. The maximum absolute atomic E-state index is 12.3. The van der Waals surface area contributed by atoms with Crippen LogP contribution in [0.1, 0.15) is 69.4 Å². The lowest BCUT2D eigenvalue weighted by Gasteiger charge is -2.11. The molecule has 1 heterocycles. The molecular formula is C28H36N2O3. The Morgan fingerprint density at radius 3 is 2.15 bits per heavy atom. The third-order valence-corrected chi connectivity index (χ3v) is 5.70. The smallest absolute Gasteiger partial charge is 0.363 e. The van der Waals surface area contributed by atoms with E-state index in [0.29, 0.717) is 11.6 Å². The molecule has 2 aromatic carbocycles. The summed E-state index contributed by atoms with van der Waals surface area (Å²) in [7, 11) is 3.98. The van der Waals surface area contributed by atoms with Crippen LogP contribution in [0.5, 0.6) is 5.75 Å². The minimum absolute atomic E-state index is 0.303. The second-order valence-electron chi connectivity index (χ2n) is 8.67. The molecule has 0 atom stereocenters. The minimum atomic E-state index is -0.434. The molecular weight excluding hydrogens is 412 g/mol. The third kappa shape index (κ3) is 7.77. The highest BCUT2D eigenvalue weighted by molar-refractivity contribution is 6.12. The molecule has 0 radical (unpaired) electrons. The fourth-order valence-electron chi connectivity index (χ4n) is 3.68. The van der Waals surface area contributed by atoms with Crippen LogP contribution in [0, 0.1) is 0 Å². The van der Waals surface area contributed by atoms with Gasteiger partial charge in [-0.25, -0.2) is 9.79 Å². The first-order valence-electron chi connectivity index (χ1n) is 12.1. The Morgan fingerprint density at radius 2 is 1.52 bits per heavy atom. The van der Waals surface area contributed by atoms with Crippen molar-refractivity contribution in [1.29, 1.82) is 0 Å². The first kappa shape index (κ1) is 24.6. The largest absolute Gasteiger partial charge is 0.494 e. The van der Waals surface area contributed by atoms with E-state index in [1.807, 2.05) is 67.5 Å². The van der Waals surface area contributed by atoms with Crippen LogP contribution in [0.3, 0.4) is 0 Å². The molecule has 0 bridgehead atoms. The molecule has 0 fully saturated rings. The molecule has 5 heteroatoms. The van der Waals surface area contributed by atoms with E-state index in [9.17, 15) is 4.79 Å². The highest BCUT2D eigenvalue weighted by Crippen LogP contribution is 2.22. The van der Waals surface area contributed by atoms with Gasteiger partial charge in [-0.1, -0.05) is 64.0 Å². The van der Waals surface area contributed by atoms with E-state index in [0.717, 1.165) is 35.6 Å². The van der Waals surface area contributed by atoms with Crippen LogP contribution in [0.25, 0.3) is 6.08 Å². The number of anilines is 1. The molecule has 0 amide bonds. The molecule has 33 heavy (non-hydrogen) atoms. The molecule has 5 nitrogen and oxygen atoms in total. The summed E-state index contributed by atoms with van der Waals surface area (Å²) >= 11 is 0. The van der Waals surface area contributed by atoms with E-state index in [-0.39, 0.29) is 0 Å². The Morgan fingerprint density at radius 1 is 0.879 bits per heavy atom. The Kier molecular flexibility index (Phi) is 9.55. The molecule has 0 saturated heterocycles. The maximum atomic E-state index is 12.3. The molecule has 0 N–H and O–H groups in total. The van der Waals surface area contributed by atoms with E-state index in [2.05, 4.69) is 11.9 Å². The first-order chi connectivity index (χ1) is 16.1. The molecule has 0 saturated carbocycles. The lowest BCUT2D eigenvalue weighted by molar-refractivity contribution is -0.129. The minimum Gasteiger partial charge on any atom is -0.494 e. The molecule has 1 aliphatic rings. The molecule has 2 aromatic rings. The predicted molar refractivity (Wildman–Crippen MR) is 136 cm³/mol. The van der Waals surface area contributed by atoms with Crippen molar-refractivity contribution < 1.29 is 14.3 Å². The summed E-state index contributed by atoms with van der Waals surface area (Å²) in [6.07, 6.45) is 12.0. The number of benzene rings is 2. The van der Waals surface area contributed by atoms with Gasteiger partial charge in [0.15, 0.2) is 5.70 Å². The summed E-state index contributed by atoms with van der Waals surface area (Å²) in [4.78, 5) is 18.7. The SMILES string of the molecule is CCCCCCCCCCOc1ccc(C2=N/C(=C\c3ccc(N(C)C)cc3)C(=O)O2)cc1. The average Bonchev–Trinajstić information content (AvgIpc) is 3.18. The van der Waals surface area contributed by atoms with Crippen molar-refractivity contribution in [2.75, 3.05) is 25.6 Å². The monoisotopic (exact) mass is 448 g/mol. The van der Waals surface area contributed by atoms with Crippen LogP contribution in [-0.4, -0.2) is 32.6 Å². The van der Waals surface area contributed by atoms with Crippen molar-refractivity contribution in [2.24, 2.45) is 4.99 Å². The van der Waals surface area contributed by atoms with Gasteiger partial charge in [-0.05, 0) is 54.5 Å². The van der Waals surface area contributed by atoms with Crippen LogP contribution in [0.2, 0.25) is 0 Å².